The van der Waals surface area contributed by atoms with Gasteiger partial charge in [-0.15, -0.1) is 0 Å². The number of anilines is 3. The zero-order chi connectivity index (χ0) is 24.0. The van der Waals surface area contributed by atoms with E-state index in [1.165, 1.54) is 18.2 Å². The van der Waals surface area contributed by atoms with Crippen molar-refractivity contribution < 1.29 is 14.5 Å². The van der Waals surface area contributed by atoms with Gasteiger partial charge in [-0.1, -0.05) is 19.9 Å². The van der Waals surface area contributed by atoms with Gasteiger partial charge in [0.1, 0.15) is 11.4 Å². The van der Waals surface area contributed by atoms with Gasteiger partial charge in [-0.25, -0.2) is 4.98 Å². The van der Waals surface area contributed by atoms with Crippen LogP contribution in [0.1, 0.15) is 36.5 Å². The van der Waals surface area contributed by atoms with E-state index >= 15 is 0 Å². The van der Waals surface area contributed by atoms with Gasteiger partial charge in [0.25, 0.3) is 11.6 Å². The third-order valence-corrected chi connectivity index (χ3v) is 4.87. The minimum Gasteiger partial charge on any atom is -0.437 e. The Hall–Kier alpha value is -4.21. The first kappa shape index (κ1) is 23.5. The number of benzene rings is 2. The number of nitrogens with two attached hydrogens (primary N) is 1. The fraction of sp³-hybridized carbons (Fsp3) is 0.261. The molecule has 3 N–H and O–H groups in total. The number of nitro groups is 1. The predicted octanol–water partition coefficient (Wildman–Crippen LogP) is 4.43. The van der Waals surface area contributed by atoms with Crippen LogP contribution in [0, 0.1) is 10.1 Å². The summed E-state index contributed by atoms with van der Waals surface area (Å²) in [4.78, 5) is 33.5. The van der Waals surface area contributed by atoms with E-state index in [1.807, 2.05) is 38.2 Å². The van der Waals surface area contributed by atoms with Crippen molar-refractivity contribution in [3.05, 3.63) is 70.0 Å². The molecule has 0 unspecified atom stereocenters. The topological polar surface area (TPSA) is 137 Å². The summed E-state index contributed by atoms with van der Waals surface area (Å²) in [6, 6.07) is 13.4. The van der Waals surface area contributed by atoms with Gasteiger partial charge < -0.3 is 20.7 Å². The van der Waals surface area contributed by atoms with Crippen molar-refractivity contribution in [1.29, 1.82) is 0 Å². The Morgan fingerprint density at radius 1 is 1.18 bits per heavy atom. The number of carbonyl (C=O) groups is 1. The molecule has 3 rings (SSSR count). The Morgan fingerprint density at radius 3 is 2.52 bits per heavy atom. The number of ether oxygens (including phenoxy) is 1. The molecule has 10 nitrogen and oxygen atoms in total. The fourth-order valence-corrected chi connectivity index (χ4v) is 3.20. The molecule has 1 amide bonds. The van der Waals surface area contributed by atoms with E-state index in [0.717, 1.165) is 18.7 Å². The molecule has 2 aromatic carbocycles. The number of primary amides is 1. The third-order valence-electron chi connectivity index (χ3n) is 4.87. The number of nitro benzene ring substituents is 1. The Kier molecular flexibility index (Phi) is 7.39. The normalized spacial score (nSPS) is 10.5. The van der Waals surface area contributed by atoms with Gasteiger partial charge in [0.15, 0.2) is 11.5 Å². The van der Waals surface area contributed by atoms with Gasteiger partial charge >= 0.3 is 0 Å². The van der Waals surface area contributed by atoms with Gasteiger partial charge in [-0.3, -0.25) is 14.9 Å². The number of aryl methyl sites for hydroxylation is 1. The number of hydrogen-bond donors (Lipinski definition) is 2. The Labute approximate surface area is 191 Å². The molecule has 172 valence electrons. The van der Waals surface area contributed by atoms with Crippen molar-refractivity contribution >= 4 is 28.8 Å². The molecular weight excluding hydrogens is 424 g/mol. The maximum atomic E-state index is 12.0. The molecule has 0 spiro atoms. The second-order valence-corrected chi connectivity index (χ2v) is 7.34. The van der Waals surface area contributed by atoms with E-state index in [0.29, 0.717) is 17.8 Å². The van der Waals surface area contributed by atoms with Gasteiger partial charge in [-0.2, -0.15) is 4.98 Å². The van der Waals surface area contributed by atoms with Crippen molar-refractivity contribution in [3.8, 4) is 11.6 Å². The van der Waals surface area contributed by atoms with Crippen LogP contribution < -0.4 is 20.7 Å². The summed E-state index contributed by atoms with van der Waals surface area (Å²) in [7, 11) is 2.02. The molecular formula is C23H26N6O4. The number of non-ortho nitro benzene ring substituents is 1. The second-order valence-electron chi connectivity index (χ2n) is 7.34. The summed E-state index contributed by atoms with van der Waals surface area (Å²) in [5, 5.41) is 14.1. The Balaban J connectivity index is 1.94. The van der Waals surface area contributed by atoms with Gasteiger partial charge in [0, 0.05) is 31.0 Å². The summed E-state index contributed by atoms with van der Waals surface area (Å²) in [5.74, 6) is -0.241. The summed E-state index contributed by atoms with van der Waals surface area (Å²) in [5.41, 5.74) is 7.55. The summed E-state index contributed by atoms with van der Waals surface area (Å²) < 4.78 is 5.80. The minimum atomic E-state index is -0.735. The third kappa shape index (κ3) is 5.73. The molecule has 0 aliphatic carbocycles. The molecule has 0 fully saturated rings. The van der Waals surface area contributed by atoms with E-state index in [4.69, 9.17) is 10.5 Å². The van der Waals surface area contributed by atoms with Crippen LogP contribution in [0.2, 0.25) is 0 Å². The number of hydrogen-bond acceptors (Lipinski definition) is 8. The van der Waals surface area contributed by atoms with Crippen LogP contribution in [-0.4, -0.2) is 34.4 Å². The monoisotopic (exact) mass is 450 g/mol. The van der Waals surface area contributed by atoms with Gasteiger partial charge in [0.2, 0.25) is 5.88 Å². The van der Waals surface area contributed by atoms with E-state index in [1.54, 1.807) is 6.07 Å². The molecule has 0 saturated carbocycles. The Bertz CT molecular complexity index is 1150. The van der Waals surface area contributed by atoms with Crippen LogP contribution in [0.15, 0.2) is 48.5 Å². The van der Waals surface area contributed by atoms with Crippen LogP contribution in [0.5, 0.6) is 11.6 Å². The molecule has 1 heterocycles. The quantitative estimate of drug-likeness (QED) is 0.342. The largest absolute Gasteiger partial charge is 0.437 e. The molecule has 33 heavy (non-hydrogen) atoms. The summed E-state index contributed by atoms with van der Waals surface area (Å²) in [6.45, 7) is 4.87. The molecule has 0 radical (unpaired) electrons. The first-order chi connectivity index (χ1) is 15.8. The first-order valence-electron chi connectivity index (χ1n) is 10.5. The summed E-state index contributed by atoms with van der Waals surface area (Å²) in [6.07, 6.45) is 1.45. The fourth-order valence-electron chi connectivity index (χ4n) is 3.20. The average molecular weight is 450 g/mol. The summed E-state index contributed by atoms with van der Waals surface area (Å²) >= 11 is 0. The van der Waals surface area contributed by atoms with Crippen LogP contribution >= 0.6 is 0 Å². The number of rotatable bonds is 10. The minimum absolute atomic E-state index is 0.0228. The van der Waals surface area contributed by atoms with Crippen LogP contribution in [0.4, 0.5) is 22.9 Å². The maximum absolute atomic E-state index is 12.0. The lowest BCUT2D eigenvalue weighted by Crippen LogP contribution is -2.18. The maximum Gasteiger partial charge on any atom is 0.273 e. The highest BCUT2D eigenvalue weighted by atomic mass is 16.6. The predicted molar refractivity (Wildman–Crippen MR) is 126 cm³/mol. The van der Waals surface area contributed by atoms with Crippen molar-refractivity contribution in [2.45, 2.75) is 26.7 Å². The first-order valence-corrected chi connectivity index (χ1v) is 10.5. The standard InChI is InChI=1S/C23H26N6O4/c1-4-13-28(3)16-11-9-15(10-12-16)25-22-20(21(24)30)26-19(5-2)23(27-22)33-18-8-6-7-17(14-18)29(31)32/h6-12,14H,4-5,13H2,1-3H3,(H2,24,30)(H,25,27). The highest BCUT2D eigenvalue weighted by Crippen LogP contribution is 2.29. The highest BCUT2D eigenvalue weighted by molar-refractivity contribution is 5.96. The number of nitrogens with one attached hydrogen (secondary N) is 1. The van der Waals surface area contributed by atoms with E-state index in [-0.39, 0.29) is 28.8 Å². The molecule has 0 bridgehead atoms. The molecule has 10 heteroatoms. The number of amides is 1. The zero-order valence-electron chi connectivity index (χ0n) is 18.7. The van der Waals surface area contributed by atoms with E-state index in [9.17, 15) is 14.9 Å². The number of carbonyl (C=O) groups excluding carboxylic acids is 1. The lowest BCUT2D eigenvalue weighted by atomic mass is 10.2. The van der Waals surface area contributed by atoms with E-state index < -0.39 is 10.8 Å². The van der Waals surface area contributed by atoms with Crippen molar-refractivity contribution in [3.63, 3.8) is 0 Å². The molecule has 1 aromatic heterocycles. The van der Waals surface area contributed by atoms with E-state index in [2.05, 4.69) is 27.1 Å². The van der Waals surface area contributed by atoms with Gasteiger partial charge in [0.05, 0.1) is 11.0 Å². The molecule has 0 saturated heterocycles. The molecule has 0 aliphatic heterocycles. The number of aromatic nitrogens is 2. The lowest BCUT2D eigenvalue weighted by Gasteiger charge is -2.19. The van der Waals surface area contributed by atoms with Crippen LogP contribution in [-0.2, 0) is 6.42 Å². The SMILES string of the molecule is CCCN(C)c1ccc(Nc2nc(Oc3cccc([N+](=O)[O-])c3)c(CC)nc2C(N)=O)cc1. The average Bonchev–Trinajstić information content (AvgIpc) is 2.80. The van der Waals surface area contributed by atoms with Crippen molar-refractivity contribution in [2.75, 3.05) is 23.8 Å². The highest BCUT2D eigenvalue weighted by Gasteiger charge is 2.19. The van der Waals surface area contributed by atoms with Crippen molar-refractivity contribution in [2.24, 2.45) is 5.73 Å². The number of nitrogens with zero attached hydrogens (tertiary/aromatic N) is 4. The molecule has 0 atom stereocenters. The van der Waals surface area contributed by atoms with Crippen molar-refractivity contribution in [1.82, 2.24) is 9.97 Å². The second kappa shape index (κ2) is 10.4. The molecule has 0 aliphatic rings. The van der Waals surface area contributed by atoms with Crippen LogP contribution in [0.3, 0.4) is 0 Å². The van der Waals surface area contributed by atoms with Gasteiger partial charge in [-0.05, 0) is 43.2 Å². The zero-order valence-corrected chi connectivity index (χ0v) is 18.7. The molecule has 3 aromatic rings. The lowest BCUT2D eigenvalue weighted by molar-refractivity contribution is -0.384. The smallest absolute Gasteiger partial charge is 0.273 e. The Morgan fingerprint density at radius 2 is 1.91 bits per heavy atom. The van der Waals surface area contributed by atoms with Crippen LogP contribution in [0.25, 0.3) is 0 Å².